The van der Waals surface area contributed by atoms with Gasteiger partial charge in [-0.2, -0.15) is 0 Å². The first-order valence-corrected chi connectivity index (χ1v) is 5.28. The topological polar surface area (TPSA) is 55.3 Å². The number of ether oxygens (including phenoxy) is 1. The molecule has 0 aromatic carbocycles. The maximum atomic E-state index is 11.7. The number of aromatic nitrogens is 2. The quantitative estimate of drug-likeness (QED) is 0.745. The lowest BCUT2D eigenvalue weighted by Gasteiger charge is -2.18. The van der Waals surface area contributed by atoms with Gasteiger partial charge in [-0.1, -0.05) is 5.92 Å². The number of amides is 1. The smallest absolute Gasteiger partial charge is 0.416 e. The van der Waals surface area contributed by atoms with Crippen molar-refractivity contribution in [3.63, 3.8) is 0 Å². The molecular weight excluding hydrogens is 218 g/mol. The Balaban J connectivity index is 3.05. The van der Waals surface area contributed by atoms with Gasteiger partial charge < -0.3 is 4.74 Å². The molecule has 0 aliphatic carbocycles. The summed E-state index contributed by atoms with van der Waals surface area (Å²) in [6.45, 7) is 5.74. The molecule has 1 aromatic heterocycles. The number of hydrogen-bond donors (Lipinski definition) is 0. The Hall–Kier alpha value is -2.09. The summed E-state index contributed by atoms with van der Waals surface area (Å²) < 4.78 is 4.92. The highest BCUT2D eigenvalue weighted by Crippen LogP contribution is 2.13. The Kier molecular flexibility index (Phi) is 4.46. The van der Waals surface area contributed by atoms with Crippen LogP contribution in [-0.2, 0) is 4.74 Å². The van der Waals surface area contributed by atoms with Crippen LogP contribution in [0.4, 0.5) is 10.6 Å². The third kappa shape index (κ3) is 3.45. The minimum Gasteiger partial charge on any atom is -0.449 e. The van der Waals surface area contributed by atoms with E-state index in [-0.39, 0.29) is 6.54 Å². The zero-order chi connectivity index (χ0) is 12.8. The van der Waals surface area contributed by atoms with Gasteiger partial charge >= 0.3 is 6.09 Å². The summed E-state index contributed by atoms with van der Waals surface area (Å²) in [4.78, 5) is 21.3. The molecule has 1 aromatic rings. The summed E-state index contributed by atoms with van der Waals surface area (Å²) in [5, 5.41) is 0. The molecule has 0 atom stereocenters. The summed E-state index contributed by atoms with van der Waals surface area (Å²) >= 11 is 0. The van der Waals surface area contributed by atoms with Crippen molar-refractivity contribution in [1.29, 1.82) is 0 Å². The zero-order valence-corrected chi connectivity index (χ0v) is 10.2. The Morgan fingerprint density at radius 2 is 2.24 bits per heavy atom. The molecule has 90 valence electrons. The van der Waals surface area contributed by atoms with Crippen molar-refractivity contribution in [3.05, 3.63) is 17.6 Å². The Morgan fingerprint density at radius 1 is 1.53 bits per heavy atom. The molecule has 1 rings (SSSR count). The normalized spacial score (nSPS) is 9.53. The lowest BCUT2D eigenvalue weighted by Crippen LogP contribution is -2.33. The van der Waals surface area contributed by atoms with Gasteiger partial charge in [0.15, 0.2) is 0 Å². The first kappa shape index (κ1) is 13.0. The van der Waals surface area contributed by atoms with Crippen LogP contribution in [0.5, 0.6) is 0 Å². The van der Waals surface area contributed by atoms with Crippen molar-refractivity contribution < 1.29 is 9.53 Å². The second-order valence-corrected chi connectivity index (χ2v) is 3.40. The third-order valence-electron chi connectivity index (χ3n) is 1.97. The number of anilines is 1. The molecule has 0 radical (unpaired) electrons. The highest BCUT2D eigenvalue weighted by molar-refractivity contribution is 5.86. The van der Waals surface area contributed by atoms with Crippen LogP contribution in [0.15, 0.2) is 6.07 Å². The molecule has 17 heavy (non-hydrogen) atoms. The zero-order valence-electron chi connectivity index (χ0n) is 10.2. The van der Waals surface area contributed by atoms with E-state index in [1.807, 2.05) is 6.92 Å². The summed E-state index contributed by atoms with van der Waals surface area (Å²) in [5.74, 6) is 3.46. The maximum Gasteiger partial charge on any atom is 0.416 e. The van der Waals surface area contributed by atoms with Gasteiger partial charge in [-0.25, -0.2) is 19.7 Å². The van der Waals surface area contributed by atoms with Gasteiger partial charge in [0, 0.05) is 11.8 Å². The van der Waals surface area contributed by atoms with Crippen molar-refractivity contribution in [2.45, 2.75) is 20.8 Å². The molecule has 0 unspecified atom stereocenters. The highest BCUT2D eigenvalue weighted by Gasteiger charge is 2.17. The number of terminal acetylenes is 1. The third-order valence-corrected chi connectivity index (χ3v) is 1.97. The van der Waals surface area contributed by atoms with E-state index in [0.29, 0.717) is 18.2 Å². The average molecular weight is 233 g/mol. The molecule has 0 spiro atoms. The lowest BCUT2D eigenvalue weighted by atomic mass is 10.4. The highest BCUT2D eigenvalue weighted by atomic mass is 16.6. The van der Waals surface area contributed by atoms with Crippen molar-refractivity contribution in [2.75, 3.05) is 18.1 Å². The summed E-state index contributed by atoms with van der Waals surface area (Å²) in [6, 6.07) is 1.70. The fourth-order valence-corrected chi connectivity index (χ4v) is 1.37. The minimum absolute atomic E-state index is 0.120. The predicted octanol–water partition coefficient (Wildman–Crippen LogP) is 1.69. The van der Waals surface area contributed by atoms with Crippen LogP contribution >= 0.6 is 0 Å². The lowest BCUT2D eigenvalue weighted by molar-refractivity contribution is 0.160. The summed E-state index contributed by atoms with van der Waals surface area (Å²) in [7, 11) is 0. The first-order chi connectivity index (χ1) is 8.08. The molecule has 0 aliphatic heterocycles. The molecule has 0 aliphatic rings. The standard InChI is InChI=1S/C12H15N3O2/c1-5-7-15(12(16)17-6-2)11-8-9(3)13-10(4)14-11/h1,8H,6-7H2,2-4H3. The Labute approximate surface area is 101 Å². The van der Waals surface area contributed by atoms with Gasteiger partial charge in [0.2, 0.25) is 0 Å². The van der Waals surface area contributed by atoms with E-state index < -0.39 is 6.09 Å². The monoisotopic (exact) mass is 233 g/mol. The van der Waals surface area contributed by atoms with Crippen molar-refractivity contribution in [2.24, 2.45) is 0 Å². The Bertz CT molecular complexity index is 431. The van der Waals surface area contributed by atoms with Crippen molar-refractivity contribution in [1.82, 2.24) is 9.97 Å². The van der Waals surface area contributed by atoms with Gasteiger partial charge in [0.05, 0.1) is 13.2 Å². The van der Waals surface area contributed by atoms with E-state index in [1.54, 1.807) is 19.9 Å². The number of rotatable bonds is 3. The van der Waals surface area contributed by atoms with Gasteiger partial charge in [-0.3, -0.25) is 0 Å². The Morgan fingerprint density at radius 3 is 2.76 bits per heavy atom. The molecule has 0 fully saturated rings. The second kappa shape index (κ2) is 5.85. The molecule has 5 heteroatoms. The molecule has 0 bridgehead atoms. The van der Waals surface area contributed by atoms with Crippen LogP contribution in [0.25, 0.3) is 0 Å². The fourth-order valence-electron chi connectivity index (χ4n) is 1.37. The van der Waals surface area contributed by atoms with E-state index in [9.17, 15) is 4.79 Å². The summed E-state index contributed by atoms with van der Waals surface area (Å²) in [5.41, 5.74) is 0.777. The number of carbonyl (C=O) groups excluding carboxylic acids is 1. The molecular formula is C12H15N3O2. The van der Waals surface area contributed by atoms with Crippen LogP contribution in [0.3, 0.4) is 0 Å². The van der Waals surface area contributed by atoms with E-state index in [1.165, 1.54) is 4.90 Å². The van der Waals surface area contributed by atoms with E-state index in [4.69, 9.17) is 11.2 Å². The molecule has 1 heterocycles. The second-order valence-electron chi connectivity index (χ2n) is 3.40. The molecule has 5 nitrogen and oxygen atoms in total. The van der Waals surface area contributed by atoms with Gasteiger partial charge in [-0.05, 0) is 20.8 Å². The SMILES string of the molecule is C#CCN(C(=O)OCC)c1cc(C)nc(C)n1. The number of hydrogen-bond acceptors (Lipinski definition) is 4. The predicted molar refractivity (Wildman–Crippen MR) is 64.7 cm³/mol. The van der Waals surface area contributed by atoms with E-state index in [0.717, 1.165) is 5.69 Å². The van der Waals surface area contributed by atoms with Crippen LogP contribution in [0, 0.1) is 26.2 Å². The largest absolute Gasteiger partial charge is 0.449 e. The van der Waals surface area contributed by atoms with Crippen LogP contribution in [0.2, 0.25) is 0 Å². The molecule has 1 amide bonds. The number of aryl methyl sites for hydroxylation is 2. The van der Waals surface area contributed by atoms with Crippen LogP contribution in [-0.4, -0.2) is 29.2 Å². The van der Waals surface area contributed by atoms with Gasteiger partial charge in [-0.15, -0.1) is 6.42 Å². The van der Waals surface area contributed by atoms with E-state index >= 15 is 0 Å². The van der Waals surface area contributed by atoms with Crippen molar-refractivity contribution >= 4 is 11.9 Å². The number of carbonyl (C=O) groups is 1. The van der Waals surface area contributed by atoms with Gasteiger partial charge in [0.1, 0.15) is 11.6 Å². The number of nitrogens with zero attached hydrogens (tertiary/aromatic N) is 3. The van der Waals surface area contributed by atoms with Crippen molar-refractivity contribution in [3.8, 4) is 12.3 Å². The van der Waals surface area contributed by atoms with Gasteiger partial charge in [0.25, 0.3) is 0 Å². The molecule has 0 saturated heterocycles. The summed E-state index contributed by atoms with van der Waals surface area (Å²) in [6.07, 6.45) is 4.74. The average Bonchev–Trinajstić information content (AvgIpc) is 2.24. The maximum absolute atomic E-state index is 11.7. The molecule has 0 saturated carbocycles. The minimum atomic E-state index is -0.497. The first-order valence-electron chi connectivity index (χ1n) is 5.28. The van der Waals surface area contributed by atoms with Crippen LogP contribution < -0.4 is 4.90 Å². The molecule has 0 N–H and O–H groups in total. The van der Waals surface area contributed by atoms with Crippen LogP contribution in [0.1, 0.15) is 18.4 Å². The fraction of sp³-hybridized carbons (Fsp3) is 0.417. The van der Waals surface area contributed by atoms with E-state index in [2.05, 4.69) is 15.9 Å².